The highest BCUT2D eigenvalue weighted by Crippen LogP contribution is 2.37. The van der Waals surface area contributed by atoms with Gasteiger partial charge in [0.25, 0.3) is 0 Å². The molecule has 0 atom stereocenters. The molecule has 0 fully saturated rings. The number of rotatable bonds is 2. The minimum absolute atomic E-state index is 0.376. The first-order valence-electron chi connectivity index (χ1n) is 7.24. The number of fused-ring (bicyclic) bond motifs is 1. The summed E-state index contributed by atoms with van der Waals surface area (Å²) in [6.07, 6.45) is 5.76. The number of benzene rings is 1. The lowest BCUT2D eigenvalue weighted by Gasteiger charge is -2.18. The van der Waals surface area contributed by atoms with Crippen LogP contribution in [-0.4, -0.2) is 26.6 Å². The molecule has 1 aliphatic heterocycles. The molecule has 114 valence electrons. The van der Waals surface area contributed by atoms with Crippen molar-refractivity contribution >= 4 is 11.5 Å². The van der Waals surface area contributed by atoms with Gasteiger partial charge in [-0.3, -0.25) is 4.98 Å². The summed E-state index contributed by atoms with van der Waals surface area (Å²) in [6, 6.07) is 8.12. The molecule has 0 aliphatic carbocycles. The molecule has 23 heavy (non-hydrogen) atoms. The highest BCUT2D eigenvalue weighted by atomic mass is 19.1. The number of hydrogen-bond acceptors (Lipinski definition) is 5. The molecule has 0 spiro atoms. The van der Waals surface area contributed by atoms with Crippen LogP contribution in [0.25, 0.3) is 11.3 Å². The van der Waals surface area contributed by atoms with Gasteiger partial charge in [0.15, 0.2) is 11.6 Å². The molecule has 5 nitrogen and oxygen atoms in total. The van der Waals surface area contributed by atoms with Crippen LogP contribution in [0.3, 0.4) is 0 Å². The van der Waals surface area contributed by atoms with E-state index in [0.717, 1.165) is 35.7 Å². The molecule has 0 saturated carbocycles. The molecule has 1 N–H and O–H groups in total. The normalized spacial score (nSPS) is 13.2. The van der Waals surface area contributed by atoms with Crippen LogP contribution in [-0.2, 0) is 6.42 Å². The van der Waals surface area contributed by atoms with Gasteiger partial charge in [0.1, 0.15) is 12.1 Å². The van der Waals surface area contributed by atoms with Crippen molar-refractivity contribution in [3.63, 3.8) is 0 Å². The number of phenolic OH excluding ortho intramolecular Hbond substituents is 1. The number of anilines is 2. The van der Waals surface area contributed by atoms with E-state index in [9.17, 15) is 9.50 Å². The molecule has 0 saturated heterocycles. The van der Waals surface area contributed by atoms with Crippen LogP contribution in [0.5, 0.6) is 5.75 Å². The van der Waals surface area contributed by atoms with Crippen LogP contribution in [0.4, 0.5) is 15.9 Å². The molecule has 0 radical (unpaired) electrons. The highest BCUT2D eigenvalue weighted by Gasteiger charge is 2.26. The van der Waals surface area contributed by atoms with E-state index in [4.69, 9.17) is 0 Å². The first kappa shape index (κ1) is 13.6. The van der Waals surface area contributed by atoms with E-state index in [1.807, 2.05) is 12.1 Å². The fourth-order valence-electron chi connectivity index (χ4n) is 2.88. The fourth-order valence-corrected chi connectivity index (χ4v) is 2.88. The highest BCUT2D eigenvalue weighted by molar-refractivity contribution is 5.75. The standard InChI is InChI=1S/C17H13FN4O/c18-14-2-1-11(9-15(14)23)16-13-5-8-22(17(13)21-10-20-16)12-3-6-19-7-4-12/h1-4,6-7,9-10,23H,5,8H2. The summed E-state index contributed by atoms with van der Waals surface area (Å²) in [5.74, 6) is -0.179. The van der Waals surface area contributed by atoms with Crippen LogP contribution in [0, 0.1) is 5.82 Å². The summed E-state index contributed by atoms with van der Waals surface area (Å²) in [6.45, 7) is 0.790. The fraction of sp³-hybridized carbons (Fsp3) is 0.118. The van der Waals surface area contributed by atoms with Crippen molar-refractivity contribution in [2.45, 2.75) is 6.42 Å². The minimum atomic E-state index is -0.641. The van der Waals surface area contributed by atoms with Gasteiger partial charge in [0.05, 0.1) is 5.69 Å². The maximum Gasteiger partial charge on any atom is 0.164 e. The maximum absolute atomic E-state index is 13.3. The van der Waals surface area contributed by atoms with Crippen molar-refractivity contribution in [1.29, 1.82) is 0 Å². The van der Waals surface area contributed by atoms with E-state index >= 15 is 0 Å². The Bertz CT molecular complexity index is 870. The molecule has 1 aliphatic rings. The molecular weight excluding hydrogens is 295 g/mol. The summed E-state index contributed by atoms with van der Waals surface area (Å²) in [7, 11) is 0. The van der Waals surface area contributed by atoms with Crippen LogP contribution < -0.4 is 4.90 Å². The minimum Gasteiger partial charge on any atom is -0.505 e. The number of aromatic nitrogens is 3. The van der Waals surface area contributed by atoms with Crippen molar-refractivity contribution in [2.75, 3.05) is 11.4 Å². The second kappa shape index (κ2) is 5.31. The van der Waals surface area contributed by atoms with Crippen molar-refractivity contribution in [3.05, 3.63) is 60.4 Å². The predicted octanol–water partition coefficient (Wildman–Crippen LogP) is 3.08. The number of phenols is 1. The predicted molar refractivity (Wildman–Crippen MR) is 84.0 cm³/mol. The van der Waals surface area contributed by atoms with E-state index in [1.165, 1.54) is 18.5 Å². The molecule has 0 amide bonds. The molecule has 3 heterocycles. The Balaban J connectivity index is 1.81. The first-order valence-corrected chi connectivity index (χ1v) is 7.24. The lowest BCUT2D eigenvalue weighted by molar-refractivity contribution is 0.432. The average Bonchev–Trinajstić information content (AvgIpc) is 3.02. The Kier molecular flexibility index (Phi) is 3.15. The number of halogens is 1. The van der Waals surface area contributed by atoms with Crippen LogP contribution in [0.15, 0.2) is 49.1 Å². The van der Waals surface area contributed by atoms with Gasteiger partial charge in [0, 0.05) is 35.8 Å². The lowest BCUT2D eigenvalue weighted by atomic mass is 10.1. The van der Waals surface area contributed by atoms with Crippen molar-refractivity contribution in [2.24, 2.45) is 0 Å². The summed E-state index contributed by atoms with van der Waals surface area (Å²) < 4.78 is 13.3. The Morgan fingerprint density at radius 1 is 1.09 bits per heavy atom. The molecule has 6 heteroatoms. The monoisotopic (exact) mass is 308 g/mol. The number of hydrogen-bond donors (Lipinski definition) is 1. The van der Waals surface area contributed by atoms with Crippen molar-refractivity contribution in [3.8, 4) is 17.0 Å². The summed E-state index contributed by atoms with van der Waals surface area (Å²) in [5, 5.41) is 9.60. The maximum atomic E-state index is 13.3. The van der Waals surface area contributed by atoms with E-state index in [0.29, 0.717) is 5.56 Å². The molecule has 4 rings (SSSR count). The van der Waals surface area contributed by atoms with Gasteiger partial charge in [0.2, 0.25) is 0 Å². The Labute approximate surface area is 132 Å². The number of aromatic hydroxyl groups is 1. The molecule has 0 bridgehead atoms. The third kappa shape index (κ3) is 2.28. The largest absolute Gasteiger partial charge is 0.505 e. The van der Waals surface area contributed by atoms with E-state index in [1.54, 1.807) is 18.5 Å². The van der Waals surface area contributed by atoms with Gasteiger partial charge in [-0.15, -0.1) is 0 Å². The zero-order valence-corrected chi connectivity index (χ0v) is 12.1. The van der Waals surface area contributed by atoms with E-state index < -0.39 is 5.82 Å². The molecule has 0 unspecified atom stereocenters. The van der Waals surface area contributed by atoms with Crippen LogP contribution >= 0.6 is 0 Å². The van der Waals surface area contributed by atoms with Gasteiger partial charge in [-0.05, 0) is 36.8 Å². The second-order valence-corrected chi connectivity index (χ2v) is 5.30. The van der Waals surface area contributed by atoms with E-state index in [-0.39, 0.29) is 5.75 Å². The van der Waals surface area contributed by atoms with Gasteiger partial charge < -0.3 is 10.0 Å². The second-order valence-electron chi connectivity index (χ2n) is 5.30. The number of pyridine rings is 1. The zero-order chi connectivity index (χ0) is 15.8. The summed E-state index contributed by atoms with van der Waals surface area (Å²) >= 11 is 0. The van der Waals surface area contributed by atoms with Crippen molar-refractivity contribution < 1.29 is 9.50 Å². The third-order valence-electron chi connectivity index (χ3n) is 3.96. The van der Waals surface area contributed by atoms with Crippen LogP contribution in [0.2, 0.25) is 0 Å². The third-order valence-corrected chi connectivity index (χ3v) is 3.96. The topological polar surface area (TPSA) is 62.1 Å². The van der Waals surface area contributed by atoms with Gasteiger partial charge in [-0.2, -0.15) is 0 Å². The van der Waals surface area contributed by atoms with Crippen LogP contribution in [0.1, 0.15) is 5.56 Å². The molecule has 3 aromatic rings. The number of nitrogens with zero attached hydrogens (tertiary/aromatic N) is 4. The van der Waals surface area contributed by atoms with Gasteiger partial charge in [-0.25, -0.2) is 14.4 Å². The zero-order valence-electron chi connectivity index (χ0n) is 12.1. The van der Waals surface area contributed by atoms with Gasteiger partial charge in [-0.1, -0.05) is 0 Å². The van der Waals surface area contributed by atoms with E-state index in [2.05, 4.69) is 19.9 Å². The average molecular weight is 308 g/mol. The van der Waals surface area contributed by atoms with Crippen molar-refractivity contribution in [1.82, 2.24) is 15.0 Å². The smallest absolute Gasteiger partial charge is 0.164 e. The Morgan fingerprint density at radius 3 is 2.70 bits per heavy atom. The van der Waals surface area contributed by atoms with Gasteiger partial charge >= 0.3 is 0 Å². The molecular formula is C17H13FN4O. The lowest BCUT2D eigenvalue weighted by Crippen LogP contribution is -2.14. The Hall–Kier alpha value is -3.02. The molecule has 2 aromatic heterocycles. The summed E-state index contributed by atoms with van der Waals surface area (Å²) in [5.41, 5.74) is 3.42. The molecule has 1 aromatic carbocycles. The SMILES string of the molecule is Oc1cc(-c2ncnc3c2CCN3c2ccncc2)ccc1F. The Morgan fingerprint density at radius 2 is 1.91 bits per heavy atom. The first-order chi connectivity index (χ1) is 11.2. The quantitative estimate of drug-likeness (QED) is 0.788. The summed E-state index contributed by atoms with van der Waals surface area (Å²) in [4.78, 5) is 14.9.